The monoisotopic (exact) mass is 402 g/mol. The van der Waals surface area contributed by atoms with Gasteiger partial charge in [-0.2, -0.15) is 0 Å². The maximum atomic E-state index is 13.6. The lowest BCUT2D eigenvalue weighted by molar-refractivity contribution is -0.132. The fourth-order valence-corrected chi connectivity index (χ4v) is 4.11. The third-order valence-electron chi connectivity index (χ3n) is 5.68. The first-order valence-electron chi connectivity index (χ1n) is 10.0. The van der Waals surface area contributed by atoms with Gasteiger partial charge in [-0.05, 0) is 18.2 Å². The summed E-state index contributed by atoms with van der Waals surface area (Å²) in [6.07, 6.45) is 0. The second-order valence-corrected chi connectivity index (χ2v) is 7.36. The maximum Gasteiger partial charge on any atom is 0.234 e. The summed E-state index contributed by atoms with van der Waals surface area (Å²) in [4.78, 5) is 17.7. The Kier molecular flexibility index (Phi) is 4.71. The number of rotatable bonds is 3. The van der Waals surface area contributed by atoms with E-state index in [1.807, 2.05) is 59.5 Å². The minimum absolute atomic E-state index is 0.110. The molecule has 1 saturated heterocycles. The van der Waals surface area contributed by atoms with Crippen molar-refractivity contribution in [2.45, 2.75) is 5.92 Å². The van der Waals surface area contributed by atoms with Crippen LogP contribution in [0.3, 0.4) is 0 Å². The van der Waals surface area contributed by atoms with Gasteiger partial charge < -0.3 is 19.3 Å². The molecule has 0 saturated carbocycles. The maximum absolute atomic E-state index is 13.6. The molecule has 1 aromatic heterocycles. The van der Waals surface area contributed by atoms with Gasteiger partial charge in [0.15, 0.2) is 5.82 Å². The second kappa shape index (κ2) is 7.67. The van der Waals surface area contributed by atoms with Gasteiger partial charge in [0.1, 0.15) is 11.5 Å². The highest BCUT2D eigenvalue weighted by atomic mass is 16.5. The zero-order valence-corrected chi connectivity index (χ0v) is 16.7. The van der Waals surface area contributed by atoms with Crippen LogP contribution in [0, 0.1) is 0 Å². The lowest BCUT2D eigenvalue weighted by atomic mass is 9.86. The third-order valence-corrected chi connectivity index (χ3v) is 5.68. The van der Waals surface area contributed by atoms with Crippen molar-refractivity contribution in [2.75, 3.05) is 38.2 Å². The summed E-state index contributed by atoms with van der Waals surface area (Å²) < 4.78 is 11.1. The molecule has 152 valence electrons. The van der Waals surface area contributed by atoms with Gasteiger partial charge >= 0.3 is 0 Å². The van der Waals surface area contributed by atoms with Crippen molar-refractivity contribution in [1.82, 2.24) is 15.1 Å². The highest BCUT2D eigenvalue weighted by molar-refractivity contribution is 5.90. The first-order chi connectivity index (χ1) is 14.7. The molecule has 0 N–H and O–H groups in total. The van der Waals surface area contributed by atoms with Crippen LogP contribution in [0.25, 0.3) is 0 Å². The summed E-state index contributed by atoms with van der Waals surface area (Å²) in [6.45, 7) is 2.68. The molecule has 3 aromatic rings. The summed E-state index contributed by atoms with van der Waals surface area (Å²) >= 11 is 0. The quantitative estimate of drug-likeness (QED) is 0.671. The van der Waals surface area contributed by atoms with Gasteiger partial charge in [-0.15, -0.1) is 10.2 Å². The number of fused-ring (bicyclic) bond motifs is 2. The molecule has 3 heterocycles. The molecule has 7 heteroatoms. The minimum atomic E-state index is -0.349. The van der Waals surface area contributed by atoms with Crippen molar-refractivity contribution in [1.29, 1.82) is 0 Å². The topological polar surface area (TPSA) is 67.8 Å². The molecule has 0 bridgehead atoms. The van der Waals surface area contributed by atoms with Gasteiger partial charge in [-0.25, -0.2) is 0 Å². The number of piperazine rings is 1. The van der Waals surface area contributed by atoms with E-state index in [0.717, 1.165) is 28.4 Å². The molecule has 30 heavy (non-hydrogen) atoms. The van der Waals surface area contributed by atoms with Gasteiger partial charge in [0, 0.05) is 43.4 Å². The fourth-order valence-electron chi connectivity index (χ4n) is 4.11. The van der Waals surface area contributed by atoms with Crippen LogP contribution in [0.5, 0.6) is 17.4 Å². The first-order valence-corrected chi connectivity index (χ1v) is 10.0. The number of ether oxygens (including phenoxy) is 2. The lowest BCUT2D eigenvalue weighted by Crippen LogP contribution is -2.50. The van der Waals surface area contributed by atoms with Crippen LogP contribution in [0.15, 0.2) is 60.7 Å². The Hall–Kier alpha value is -3.61. The Morgan fingerprint density at radius 2 is 1.53 bits per heavy atom. The predicted molar refractivity (Wildman–Crippen MR) is 112 cm³/mol. The molecule has 0 unspecified atom stereocenters. The number of carbonyl (C=O) groups excluding carboxylic acids is 1. The van der Waals surface area contributed by atoms with E-state index in [1.54, 1.807) is 13.2 Å². The van der Waals surface area contributed by atoms with Gasteiger partial charge in [0.25, 0.3) is 0 Å². The lowest BCUT2D eigenvalue weighted by Gasteiger charge is -2.38. The summed E-state index contributed by atoms with van der Waals surface area (Å²) in [5.74, 6) is 2.55. The standard InChI is InChI=1S/C23H22N4O3/c1-29-21-11-10-20(24-25-21)26-12-14-27(15-13-26)23(28)22-16-6-2-4-8-18(16)30-19-9-5-3-7-17(19)22/h2-11,22H,12-15H2,1H3. The molecule has 5 rings (SSSR count). The highest BCUT2D eigenvalue weighted by Gasteiger charge is 2.36. The number of methoxy groups -OCH3 is 1. The molecule has 2 aliphatic rings. The van der Waals surface area contributed by atoms with Crippen molar-refractivity contribution < 1.29 is 14.3 Å². The molecule has 2 aromatic carbocycles. The van der Waals surface area contributed by atoms with Crippen LogP contribution in [0.4, 0.5) is 5.82 Å². The second-order valence-electron chi connectivity index (χ2n) is 7.36. The predicted octanol–water partition coefficient (Wildman–Crippen LogP) is 3.07. The average Bonchev–Trinajstić information content (AvgIpc) is 2.82. The number of hydrogen-bond acceptors (Lipinski definition) is 6. The number of benzene rings is 2. The van der Waals surface area contributed by atoms with Crippen molar-refractivity contribution in [3.63, 3.8) is 0 Å². The van der Waals surface area contributed by atoms with Gasteiger partial charge in [0.2, 0.25) is 11.8 Å². The van der Waals surface area contributed by atoms with Crippen molar-refractivity contribution in [3.05, 3.63) is 71.8 Å². The van der Waals surface area contributed by atoms with E-state index in [1.165, 1.54) is 0 Å². The summed E-state index contributed by atoms with van der Waals surface area (Å²) in [5.41, 5.74) is 1.84. The summed E-state index contributed by atoms with van der Waals surface area (Å²) in [7, 11) is 1.57. The fraction of sp³-hybridized carbons (Fsp3) is 0.261. The SMILES string of the molecule is COc1ccc(N2CCN(C(=O)C3c4ccccc4Oc4ccccc43)CC2)nn1. The Morgan fingerprint density at radius 1 is 0.900 bits per heavy atom. The molecule has 1 fully saturated rings. The van der Waals surface area contributed by atoms with Crippen molar-refractivity contribution >= 4 is 11.7 Å². The average molecular weight is 402 g/mol. The van der Waals surface area contributed by atoms with Gasteiger partial charge in [-0.3, -0.25) is 4.79 Å². The number of para-hydroxylation sites is 2. The van der Waals surface area contributed by atoms with E-state index in [9.17, 15) is 4.79 Å². The largest absolute Gasteiger partial charge is 0.480 e. The van der Waals surface area contributed by atoms with E-state index in [2.05, 4.69) is 15.1 Å². The number of anilines is 1. The van der Waals surface area contributed by atoms with E-state index >= 15 is 0 Å². The van der Waals surface area contributed by atoms with Crippen LogP contribution in [0.2, 0.25) is 0 Å². The molecule has 0 radical (unpaired) electrons. The molecule has 7 nitrogen and oxygen atoms in total. The van der Waals surface area contributed by atoms with Crippen molar-refractivity contribution in [2.24, 2.45) is 0 Å². The molecular weight excluding hydrogens is 380 g/mol. The van der Waals surface area contributed by atoms with E-state index in [0.29, 0.717) is 32.1 Å². The zero-order valence-electron chi connectivity index (χ0n) is 16.7. The normalized spacial score (nSPS) is 15.8. The summed E-state index contributed by atoms with van der Waals surface area (Å²) in [5, 5.41) is 8.27. The van der Waals surface area contributed by atoms with Crippen LogP contribution in [-0.4, -0.2) is 54.3 Å². The number of nitrogens with zero attached hydrogens (tertiary/aromatic N) is 4. The molecule has 0 spiro atoms. The van der Waals surface area contributed by atoms with Gasteiger partial charge in [0.05, 0.1) is 13.0 Å². The number of carbonyl (C=O) groups is 1. The van der Waals surface area contributed by atoms with Crippen LogP contribution in [-0.2, 0) is 4.79 Å². The van der Waals surface area contributed by atoms with Gasteiger partial charge in [-0.1, -0.05) is 36.4 Å². The molecule has 1 amide bonds. The zero-order chi connectivity index (χ0) is 20.5. The van der Waals surface area contributed by atoms with Crippen LogP contribution >= 0.6 is 0 Å². The Morgan fingerprint density at radius 3 is 2.10 bits per heavy atom. The molecule has 0 atom stereocenters. The van der Waals surface area contributed by atoms with E-state index in [-0.39, 0.29) is 11.8 Å². The van der Waals surface area contributed by atoms with Crippen LogP contribution in [0.1, 0.15) is 17.0 Å². The summed E-state index contributed by atoms with van der Waals surface area (Å²) in [6, 6.07) is 19.3. The number of hydrogen-bond donors (Lipinski definition) is 0. The number of aromatic nitrogens is 2. The molecule has 2 aliphatic heterocycles. The van der Waals surface area contributed by atoms with Crippen molar-refractivity contribution in [3.8, 4) is 17.4 Å². The smallest absolute Gasteiger partial charge is 0.234 e. The number of amides is 1. The molecular formula is C23H22N4O3. The Balaban J connectivity index is 1.36. The van der Waals surface area contributed by atoms with E-state index < -0.39 is 0 Å². The Labute approximate surface area is 174 Å². The highest BCUT2D eigenvalue weighted by Crippen LogP contribution is 2.44. The van der Waals surface area contributed by atoms with E-state index in [4.69, 9.17) is 9.47 Å². The molecule has 0 aliphatic carbocycles. The minimum Gasteiger partial charge on any atom is -0.480 e. The first kappa shape index (κ1) is 18.4. The van der Waals surface area contributed by atoms with Crippen LogP contribution < -0.4 is 14.4 Å². The third kappa shape index (κ3) is 3.22. The Bertz CT molecular complexity index is 1020.